The summed E-state index contributed by atoms with van der Waals surface area (Å²) in [5.74, 6) is 0.853. The van der Waals surface area contributed by atoms with Crippen molar-refractivity contribution in [1.29, 1.82) is 0 Å². The van der Waals surface area contributed by atoms with E-state index in [2.05, 4.69) is 23.8 Å². The van der Waals surface area contributed by atoms with Crippen LogP contribution in [0.15, 0.2) is 0 Å². The van der Waals surface area contributed by atoms with Gasteiger partial charge >= 0.3 is 6.03 Å². The second-order valence-electron chi connectivity index (χ2n) is 5.79. The monoisotopic (exact) mass is 289 g/mol. The molecule has 0 spiro atoms. The van der Waals surface area contributed by atoms with Gasteiger partial charge in [0.2, 0.25) is 0 Å². The zero-order chi connectivity index (χ0) is 13.0. The highest BCUT2D eigenvalue weighted by molar-refractivity contribution is 5.85. The van der Waals surface area contributed by atoms with Crippen molar-refractivity contribution in [3.05, 3.63) is 0 Å². The Morgan fingerprint density at radius 3 is 2.05 bits per heavy atom. The first-order valence-electron chi connectivity index (χ1n) is 7.43. The second-order valence-corrected chi connectivity index (χ2v) is 5.79. The number of hydrogen-bond donors (Lipinski definition) is 0. The Balaban J connectivity index is 0.00000180. The van der Waals surface area contributed by atoms with Gasteiger partial charge in [0.1, 0.15) is 0 Å². The lowest BCUT2D eigenvalue weighted by Crippen LogP contribution is -2.53. The highest BCUT2D eigenvalue weighted by Crippen LogP contribution is 2.22. The molecular weight excluding hydrogens is 262 g/mol. The number of nitrogens with zero attached hydrogens (tertiary/aromatic N) is 3. The maximum absolute atomic E-state index is 12.4. The van der Waals surface area contributed by atoms with Gasteiger partial charge in [0.15, 0.2) is 0 Å². The molecule has 4 nitrogen and oxygen atoms in total. The summed E-state index contributed by atoms with van der Waals surface area (Å²) >= 11 is 0. The number of piperazine rings is 1. The van der Waals surface area contributed by atoms with Crippen molar-refractivity contribution in [3.63, 3.8) is 0 Å². The zero-order valence-corrected chi connectivity index (χ0v) is 13.1. The number of likely N-dealkylation sites (N-methyl/N-ethyl adjacent to an activating group) is 1. The standard InChI is InChI=1S/C14H27N3O.ClH/c1-3-4-13-5-7-16(8-6-13)14(18)17-11-9-15(2)10-12-17;/h13H,3-12H2,1-2H3;1H. The van der Waals surface area contributed by atoms with E-state index in [0.29, 0.717) is 0 Å². The van der Waals surface area contributed by atoms with E-state index in [0.717, 1.165) is 45.2 Å². The van der Waals surface area contributed by atoms with E-state index in [9.17, 15) is 4.79 Å². The maximum atomic E-state index is 12.4. The van der Waals surface area contributed by atoms with E-state index >= 15 is 0 Å². The average molecular weight is 290 g/mol. The van der Waals surface area contributed by atoms with Crippen LogP contribution in [0.2, 0.25) is 0 Å². The van der Waals surface area contributed by atoms with Crippen LogP contribution in [0, 0.1) is 5.92 Å². The first kappa shape index (κ1) is 16.6. The summed E-state index contributed by atoms with van der Waals surface area (Å²) in [6.07, 6.45) is 5.01. The van der Waals surface area contributed by atoms with E-state index in [1.54, 1.807) is 0 Å². The van der Waals surface area contributed by atoms with Gasteiger partial charge in [-0.2, -0.15) is 0 Å². The lowest BCUT2D eigenvalue weighted by Gasteiger charge is -2.39. The first-order valence-corrected chi connectivity index (χ1v) is 7.43. The molecule has 0 aromatic carbocycles. The van der Waals surface area contributed by atoms with E-state index in [1.807, 2.05) is 4.90 Å². The molecular formula is C14H28ClN3O. The van der Waals surface area contributed by atoms with Crippen molar-refractivity contribution < 1.29 is 4.79 Å². The van der Waals surface area contributed by atoms with Crippen molar-refractivity contribution in [2.75, 3.05) is 46.3 Å². The Labute approximate surface area is 123 Å². The molecule has 19 heavy (non-hydrogen) atoms. The van der Waals surface area contributed by atoms with Crippen LogP contribution in [0.1, 0.15) is 32.6 Å². The van der Waals surface area contributed by atoms with E-state index in [4.69, 9.17) is 0 Å². The first-order chi connectivity index (χ1) is 8.70. The highest BCUT2D eigenvalue weighted by atomic mass is 35.5. The van der Waals surface area contributed by atoms with Gasteiger partial charge in [0.25, 0.3) is 0 Å². The molecule has 2 fully saturated rings. The Bertz CT molecular complexity index is 272. The van der Waals surface area contributed by atoms with Gasteiger partial charge in [-0.1, -0.05) is 19.8 Å². The Morgan fingerprint density at radius 2 is 1.53 bits per heavy atom. The topological polar surface area (TPSA) is 26.8 Å². The largest absolute Gasteiger partial charge is 0.325 e. The summed E-state index contributed by atoms with van der Waals surface area (Å²) in [5, 5.41) is 0. The van der Waals surface area contributed by atoms with E-state index in [1.165, 1.54) is 25.7 Å². The lowest BCUT2D eigenvalue weighted by atomic mass is 9.93. The molecule has 0 aliphatic carbocycles. The lowest BCUT2D eigenvalue weighted by molar-refractivity contribution is 0.108. The van der Waals surface area contributed by atoms with Crippen LogP contribution in [-0.2, 0) is 0 Å². The minimum atomic E-state index is 0. The number of urea groups is 1. The Morgan fingerprint density at radius 1 is 1.00 bits per heavy atom. The summed E-state index contributed by atoms with van der Waals surface area (Å²) in [6.45, 7) is 8.00. The average Bonchev–Trinajstić information content (AvgIpc) is 2.40. The fraction of sp³-hybridized carbons (Fsp3) is 0.929. The molecule has 0 bridgehead atoms. The minimum Gasteiger partial charge on any atom is -0.325 e. The molecule has 2 aliphatic rings. The van der Waals surface area contributed by atoms with Crippen LogP contribution in [0.25, 0.3) is 0 Å². The van der Waals surface area contributed by atoms with Crippen LogP contribution in [0.3, 0.4) is 0 Å². The number of hydrogen-bond acceptors (Lipinski definition) is 2. The van der Waals surface area contributed by atoms with Crippen LogP contribution < -0.4 is 0 Å². The molecule has 0 saturated carbocycles. The number of likely N-dealkylation sites (tertiary alicyclic amines) is 1. The quantitative estimate of drug-likeness (QED) is 0.780. The zero-order valence-electron chi connectivity index (χ0n) is 12.3. The third-order valence-corrected chi connectivity index (χ3v) is 4.36. The molecule has 112 valence electrons. The number of rotatable bonds is 2. The number of carbonyl (C=O) groups is 1. The van der Waals surface area contributed by atoms with Crippen molar-refractivity contribution in [2.45, 2.75) is 32.6 Å². The summed E-state index contributed by atoms with van der Waals surface area (Å²) in [6, 6.07) is 0.276. The van der Waals surface area contributed by atoms with Crippen molar-refractivity contribution in [3.8, 4) is 0 Å². The third kappa shape index (κ3) is 4.53. The van der Waals surface area contributed by atoms with Crippen LogP contribution in [-0.4, -0.2) is 67.0 Å². The molecule has 0 unspecified atom stereocenters. The van der Waals surface area contributed by atoms with Gasteiger partial charge in [0.05, 0.1) is 0 Å². The molecule has 0 aromatic rings. The van der Waals surface area contributed by atoms with Gasteiger partial charge in [-0.05, 0) is 25.8 Å². The SMILES string of the molecule is CCCC1CCN(C(=O)N2CCN(C)CC2)CC1.Cl. The predicted molar refractivity (Wildman–Crippen MR) is 80.9 cm³/mol. The Hall–Kier alpha value is -0.480. The minimum absolute atomic E-state index is 0. The number of carbonyl (C=O) groups excluding carboxylic acids is 1. The van der Waals surface area contributed by atoms with E-state index < -0.39 is 0 Å². The molecule has 0 atom stereocenters. The Kier molecular flexibility index (Phi) is 6.94. The third-order valence-electron chi connectivity index (χ3n) is 4.36. The molecule has 2 aliphatic heterocycles. The summed E-state index contributed by atoms with van der Waals surface area (Å²) in [5.41, 5.74) is 0. The molecule has 2 amide bonds. The maximum Gasteiger partial charge on any atom is 0.320 e. The normalized spacial score (nSPS) is 22.2. The van der Waals surface area contributed by atoms with E-state index in [-0.39, 0.29) is 18.4 Å². The van der Waals surface area contributed by atoms with Gasteiger partial charge in [-0.3, -0.25) is 0 Å². The molecule has 2 rings (SSSR count). The fourth-order valence-electron chi connectivity index (χ4n) is 3.02. The number of halogens is 1. The number of piperidine rings is 1. The van der Waals surface area contributed by atoms with Crippen molar-refractivity contribution in [2.24, 2.45) is 5.92 Å². The predicted octanol–water partition coefficient (Wildman–Crippen LogP) is 2.29. The number of amides is 2. The molecule has 0 aromatic heterocycles. The van der Waals surface area contributed by atoms with Gasteiger partial charge in [-0.15, -0.1) is 12.4 Å². The van der Waals surface area contributed by atoms with Crippen LogP contribution >= 0.6 is 12.4 Å². The molecule has 0 N–H and O–H groups in total. The van der Waals surface area contributed by atoms with Crippen molar-refractivity contribution in [1.82, 2.24) is 14.7 Å². The highest BCUT2D eigenvalue weighted by Gasteiger charge is 2.27. The van der Waals surface area contributed by atoms with Gasteiger partial charge < -0.3 is 14.7 Å². The summed E-state index contributed by atoms with van der Waals surface area (Å²) in [4.78, 5) is 18.7. The molecule has 5 heteroatoms. The summed E-state index contributed by atoms with van der Waals surface area (Å²) < 4.78 is 0. The van der Waals surface area contributed by atoms with Crippen molar-refractivity contribution >= 4 is 18.4 Å². The molecule has 0 radical (unpaired) electrons. The fourth-order valence-corrected chi connectivity index (χ4v) is 3.02. The van der Waals surface area contributed by atoms with Gasteiger partial charge in [0, 0.05) is 39.3 Å². The van der Waals surface area contributed by atoms with Gasteiger partial charge in [-0.25, -0.2) is 4.79 Å². The smallest absolute Gasteiger partial charge is 0.320 e. The molecule has 2 heterocycles. The second kappa shape index (κ2) is 7.95. The van der Waals surface area contributed by atoms with Crippen LogP contribution in [0.4, 0.5) is 4.79 Å². The summed E-state index contributed by atoms with van der Waals surface area (Å²) in [7, 11) is 2.12. The van der Waals surface area contributed by atoms with Crippen LogP contribution in [0.5, 0.6) is 0 Å². The molecule has 2 saturated heterocycles.